The van der Waals surface area contributed by atoms with Crippen molar-refractivity contribution in [3.63, 3.8) is 0 Å². The Bertz CT molecular complexity index is 311. The van der Waals surface area contributed by atoms with Crippen molar-refractivity contribution in [2.45, 2.75) is 52.4 Å². The molecule has 0 aliphatic heterocycles. The Morgan fingerprint density at radius 2 is 2.18 bits per heavy atom. The van der Waals surface area contributed by atoms with Crippen LogP contribution < -0.4 is 10.9 Å². The minimum atomic E-state index is -0.109. The molecule has 2 amide bonds. The van der Waals surface area contributed by atoms with Gasteiger partial charge in [0.2, 0.25) is 11.8 Å². The van der Waals surface area contributed by atoms with Crippen LogP contribution in [0.4, 0.5) is 0 Å². The van der Waals surface area contributed by atoms with E-state index < -0.39 is 0 Å². The van der Waals surface area contributed by atoms with E-state index in [0.717, 1.165) is 32.1 Å². The van der Waals surface area contributed by atoms with E-state index in [1.54, 1.807) is 0 Å². The van der Waals surface area contributed by atoms with Crippen molar-refractivity contribution in [1.82, 2.24) is 10.9 Å². The zero-order chi connectivity index (χ0) is 12.7. The summed E-state index contributed by atoms with van der Waals surface area (Å²) in [4.78, 5) is 23.0. The largest absolute Gasteiger partial charge is 0.273 e. The SMILES string of the molecule is CCCCC(=O)NNC(=O)[C@@H]1CC=C(C)CC1. The Morgan fingerprint density at radius 3 is 2.76 bits per heavy atom. The molecule has 17 heavy (non-hydrogen) atoms. The van der Waals surface area contributed by atoms with E-state index in [9.17, 15) is 9.59 Å². The fourth-order valence-electron chi connectivity index (χ4n) is 1.84. The zero-order valence-electron chi connectivity index (χ0n) is 10.7. The van der Waals surface area contributed by atoms with E-state index in [-0.39, 0.29) is 17.7 Å². The minimum absolute atomic E-state index is 0.00479. The highest BCUT2D eigenvalue weighted by Crippen LogP contribution is 2.22. The molecule has 96 valence electrons. The number of unbranched alkanes of at least 4 members (excludes halogenated alkanes) is 1. The molecule has 4 nitrogen and oxygen atoms in total. The standard InChI is InChI=1S/C13H22N2O2/c1-3-4-5-12(16)14-15-13(17)11-8-6-10(2)7-9-11/h6,11H,3-5,7-9H2,1-2H3,(H,14,16)(H,15,17)/t11-/m1/s1. The Balaban J connectivity index is 2.23. The van der Waals surface area contributed by atoms with Gasteiger partial charge in [-0.2, -0.15) is 0 Å². The van der Waals surface area contributed by atoms with Crippen LogP contribution in [-0.4, -0.2) is 11.8 Å². The lowest BCUT2D eigenvalue weighted by molar-refractivity contribution is -0.131. The summed E-state index contributed by atoms with van der Waals surface area (Å²) in [5.41, 5.74) is 6.32. The van der Waals surface area contributed by atoms with E-state index >= 15 is 0 Å². The molecule has 1 aliphatic rings. The van der Waals surface area contributed by atoms with Crippen molar-refractivity contribution < 1.29 is 9.59 Å². The van der Waals surface area contributed by atoms with Crippen LogP contribution in [0.15, 0.2) is 11.6 Å². The Kier molecular flexibility index (Phi) is 5.73. The number of amides is 2. The fourth-order valence-corrected chi connectivity index (χ4v) is 1.84. The summed E-state index contributed by atoms with van der Waals surface area (Å²) in [5, 5.41) is 0. The third kappa shape index (κ3) is 5.02. The first-order valence-corrected chi connectivity index (χ1v) is 6.37. The van der Waals surface area contributed by atoms with Crippen molar-refractivity contribution in [3.8, 4) is 0 Å². The van der Waals surface area contributed by atoms with E-state index in [1.165, 1.54) is 5.57 Å². The van der Waals surface area contributed by atoms with Gasteiger partial charge in [-0.15, -0.1) is 0 Å². The maximum Gasteiger partial charge on any atom is 0.241 e. The molecule has 2 N–H and O–H groups in total. The molecule has 1 atom stereocenters. The summed E-state index contributed by atoms with van der Waals surface area (Å²) in [6.07, 6.45) is 7.04. The van der Waals surface area contributed by atoms with Crippen molar-refractivity contribution in [2.75, 3.05) is 0 Å². The van der Waals surface area contributed by atoms with Crippen molar-refractivity contribution in [1.29, 1.82) is 0 Å². The fraction of sp³-hybridized carbons (Fsp3) is 0.692. The third-order valence-corrected chi connectivity index (χ3v) is 3.09. The molecule has 0 heterocycles. The second-order valence-corrected chi connectivity index (χ2v) is 4.66. The molecule has 0 spiro atoms. The molecule has 1 rings (SSSR count). The average molecular weight is 238 g/mol. The summed E-state index contributed by atoms with van der Waals surface area (Å²) in [6.45, 7) is 4.11. The maximum atomic E-state index is 11.7. The van der Waals surface area contributed by atoms with Crippen LogP contribution in [0.25, 0.3) is 0 Å². The van der Waals surface area contributed by atoms with Crippen LogP contribution in [0.1, 0.15) is 52.4 Å². The van der Waals surface area contributed by atoms with Crippen LogP contribution in [0.2, 0.25) is 0 Å². The lowest BCUT2D eigenvalue weighted by Gasteiger charge is -2.19. The molecule has 0 aromatic heterocycles. The highest BCUT2D eigenvalue weighted by Gasteiger charge is 2.20. The Hall–Kier alpha value is -1.32. The molecule has 4 heteroatoms. The summed E-state index contributed by atoms with van der Waals surface area (Å²) in [5.74, 6) is -0.175. The summed E-state index contributed by atoms with van der Waals surface area (Å²) >= 11 is 0. The van der Waals surface area contributed by atoms with Gasteiger partial charge >= 0.3 is 0 Å². The molecule has 0 saturated carbocycles. The van der Waals surface area contributed by atoms with Crippen LogP contribution >= 0.6 is 0 Å². The number of hydrazine groups is 1. The first-order valence-electron chi connectivity index (χ1n) is 6.37. The number of nitrogens with one attached hydrogen (secondary N) is 2. The van der Waals surface area contributed by atoms with Crippen LogP contribution in [0.3, 0.4) is 0 Å². The number of carbonyl (C=O) groups excluding carboxylic acids is 2. The second kappa shape index (κ2) is 7.09. The van der Waals surface area contributed by atoms with Gasteiger partial charge in [0.25, 0.3) is 0 Å². The molecular weight excluding hydrogens is 216 g/mol. The smallest absolute Gasteiger partial charge is 0.241 e. The maximum absolute atomic E-state index is 11.7. The molecule has 0 fully saturated rings. The predicted molar refractivity (Wildman–Crippen MR) is 66.9 cm³/mol. The van der Waals surface area contributed by atoms with Gasteiger partial charge in [-0.3, -0.25) is 20.4 Å². The average Bonchev–Trinajstić information content (AvgIpc) is 2.34. The third-order valence-electron chi connectivity index (χ3n) is 3.09. The highest BCUT2D eigenvalue weighted by molar-refractivity contribution is 5.83. The predicted octanol–water partition coefficient (Wildman–Crippen LogP) is 2.07. The molecule has 0 aromatic carbocycles. The molecule has 0 bridgehead atoms. The monoisotopic (exact) mass is 238 g/mol. The van der Waals surface area contributed by atoms with Crippen LogP contribution in [0.5, 0.6) is 0 Å². The van der Waals surface area contributed by atoms with Crippen LogP contribution in [-0.2, 0) is 9.59 Å². The zero-order valence-corrected chi connectivity index (χ0v) is 10.7. The summed E-state index contributed by atoms with van der Waals surface area (Å²) in [7, 11) is 0. The van der Waals surface area contributed by atoms with Gasteiger partial charge in [-0.1, -0.05) is 25.0 Å². The van der Waals surface area contributed by atoms with Gasteiger partial charge in [0.1, 0.15) is 0 Å². The van der Waals surface area contributed by atoms with Crippen LogP contribution in [0, 0.1) is 5.92 Å². The van der Waals surface area contributed by atoms with Gasteiger partial charge in [0.15, 0.2) is 0 Å². The Labute approximate surface area is 103 Å². The minimum Gasteiger partial charge on any atom is -0.273 e. The van der Waals surface area contributed by atoms with E-state index in [1.807, 2.05) is 6.92 Å². The van der Waals surface area contributed by atoms with Gasteiger partial charge in [-0.25, -0.2) is 0 Å². The summed E-state index contributed by atoms with van der Waals surface area (Å²) in [6, 6.07) is 0. The lowest BCUT2D eigenvalue weighted by atomic mass is 9.90. The molecule has 0 radical (unpaired) electrons. The van der Waals surface area contributed by atoms with Crippen molar-refractivity contribution in [3.05, 3.63) is 11.6 Å². The van der Waals surface area contributed by atoms with Gasteiger partial charge in [0, 0.05) is 12.3 Å². The van der Waals surface area contributed by atoms with E-state index in [2.05, 4.69) is 23.9 Å². The lowest BCUT2D eigenvalue weighted by Crippen LogP contribution is -2.44. The Morgan fingerprint density at radius 1 is 1.41 bits per heavy atom. The van der Waals surface area contributed by atoms with E-state index in [4.69, 9.17) is 0 Å². The van der Waals surface area contributed by atoms with Gasteiger partial charge < -0.3 is 0 Å². The van der Waals surface area contributed by atoms with Gasteiger partial charge in [0.05, 0.1) is 0 Å². The number of allylic oxidation sites excluding steroid dienone is 2. The number of rotatable bonds is 4. The molecule has 0 aromatic rings. The quantitative estimate of drug-likeness (QED) is 0.582. The van der Waals surface area contributed by atoms with Crippen molar-refractivity contribution in [2.24, 2.45) is 5.92 Å². The summed E-state index contributed by atoms with van der Waals surface area (Å²) < 4.78 is 0. The van der Waals surface area contributed by atoms with Crippen molar-refractivity contribution >= 4 is 11.8 Å². The molecular formula is C13H22N2O2. The number of carbonyl (C=O) groups is 2. The normalized spacial score (nSPS) is 19.4. The number of hydrogen-bond donors (Lipinski definition) is 2. The van der Waals surface area contributed by atoms with E-state index in [0.29, 0.717) is 6.42 Å². The highest BCUT2D eigenvalue weighted by atomic mass is 16.2. The molecule has 1 aliphatic carbocycles. The molecule has 0 saturated heterocycles. The van der Waals surface area contributed by atoms with Gasteiger partial charge in [-0.05, 0) is 32.6 Å². The first-order chi connectivity index (χ1) is 8.13. The number of hydrogen-bond acceptors (Lipinski definition) is 2. The second-order valence-electron chi connectivity index (χ2n) is 4.66. The topological polar surface area (TPSA) is 58.2 Å². The first kappa shape index (κ1) is 13.7. The molecule has 0 unspecified atom stereocenters.